The molecule has 0 spiro atoms. The minimum atomic E-state index is -3.13. The number of nitrogens with zero attached hydrogens (tertiary/aromatic N) is 3. The van der Waals surface area contributed by atoms with Crippen molar-refractivity contribution in [2.24, 2.45) is 0 Å². The van der Waals surface area contributed by atoms with Gasteiger partial charge in [0.1, 0.15) is 0 Å². The second-order valence-electron chi connectivity index (χ2n) is 4.89. The van der Waals surface area contributed by atoms with Gasteiger partial charge in [-0.25, -0.2) is 8.42 Å². The van der Waals surface area contributed by atoms with Crippen LogP contribution in [0.4, 0.5) is 0 Å². The number of hydrogen-bond acceptors (Lipinski definition) is 4. The maximum Gasteiger partial charge on any atom is 0.214 e. The Morgan fingerprint density at radius 2 is 1.80 bits per heavy atom. The first-order chi connectivity index (χ1) is 9.62. The predicted molar refractivity (Wildman–Crippen MR) is 80.2 cm³/mol. The summed E-state index contributed by atoms with van der Waals surface area (Å²) < 4.78 is 25.7. The van der Waals surface area contributed by atoms with Crippen molar-refractivity contribution in [2.75, 3.05) is 37.8 Å². The van der Waals surface area contributed by atoms with Crippen LogP contribution in [0.3, 0.4) is 0 Å². The van der Waals surface area contributed by atoms with Crippen LogP contribution in [0.5, 0.6) is 0 Å². The Hall–Kier alpha value is -0.690. The van der Waals surface area contributed by atoms with Gasteiger partial charge in [-0.15, -0.1) is 11.6 Å². The Balaban J connectivity index is 1.83. The highest BCUT2D eigenvalue weighted by Crippen LogP contribution is 2.12. The third kappa shape index (κ3) is 4.41. The largest absolute Gasteiger partial charge is 0.296 e. The molecular formula is C13H20ClN3O2S. The van der Waals surface area contributed by atoms with E-state index in [0.29, 0.717) is 25.4 Å². The van der Waals surface area contributed by atoms with E-state index < -0.39 is 10.0 Å². The van der Waals surface area contributed by atoms with Crippen molar-refractivity contribution in [3.8, 4) is 0 Å². The first kappa shape index (κ1) is 15.7. The van der Waals surface area contributed by atoms with Crippen LogP contribution in [0.15, 0.2) is 24.5 Å². The molecule has 0 amide bonds. The third-order valence-corrected chi connectivity index (χ3v) is 5.64. The topological polar surface area (TPSA) is 53.5 Å². The second kappa shape index (κ2) is 7.36. The zero-order chi connectivity index (χ0) is 14.4. The second-order valence-corrected chi connectivity index (χ2v) is 7.36. The van der Waals surface area contributed by atoms with Crippen LogP contribution in [0.2, 0.25) is 0 Å². The lowest BCUT2D eigenvalue weighted by Gasteiger charge is -2.34. The molecule has 112 valence electrons. The van der Waals surface area contributed by atoms with E-state index in [2.05, 4.69) is 9.88 Å². The summed E-state index contributed by atoms with van der Waals surface area (Å²) in [6.45, 7) is 3.51. The molecule has 7 heteroatoms. The minimum absolute atomic E-state index is 0.154. The summed E-state index contributed by atoms with van der Waals surface area (Å²) in [5.41, 5.74) is 1.21. The molecule has 0 aromatic carbocycles. The van der Waals surface area contributed by atoms with Crippen LogP contribution in [0.25, 0.3) is 0 Å². The summed E-state index contributed by atoms with van der Waals surface area (Å²) in [5.74, 6) is 0.544. The molecule has 1 aromatic rings. The third-order valence-electron chi connectivity index (χ3n) is 3.42. The van der Waals surface area contributed by atoms with Crippen molar-refractivity contribution in [3.63, 3.8) is 0 Å². The van der Waals surface area contributed by atoms with Gasteiger partial charge >= 0.3 is 0 Å². The Kier molecular flexibility index (Phi) is 5.77. The zero-order valence-electron chi connectivity index (χ0n) is 11.4. The first-order valence-electron chi connectivity index (χ1n) is 6.77. The molecule has 1 aliphatic heterocycles. The summed E-state index contributed by atoms with van der Waals surface area (Å²) in [6.07, 6.45) is 4.07. The molecule has 1 aliphatic rings. The Morgan fingerprint density at radius 3 is 2.40 bits per heavy atom. The quantitative estimate of drug-likeness (QED) is 0.739. The Bertz CT molecular complexity index is 502. The van der Waals surface area contributed by atoms with Gasteiger partial charge in [0, 0.05) is 51.0 Å². The fourth-order valence-electron chi connectivity index (χ4n) is 2.28. The van der Waals surface area contributed by atoms with Crippen molar-refractivity contribution < 1.29 is 8.42 Å². The highest BCUT2D eigenvalue weighted by Gasteiger charge is 2.26. The van der Waals surface area contributed by atoms with E-state index in [1.807, 2.05) is 12.1 Å². The molecule has 1 saturated heterocycles. The van der Waals surface area contributed by atoms with Crippen LogP contribution >= 0.6 is 11.6 Å². The molecule has 0 N–H and O–H groups in total. The lowest BCUT2D eigenvalue weighted by atomic mass is 10.2. The van der Waals surface area contributed by atoms with Crippen molar-refractivity contribution in [1.29, 1.82) is 0 Å². The summed E-state index contributed by atoms with van der Waals surface area (Å²) in [5, 5.41) is 0. The predicted octanol–water partition coefficient (Wildman–Crippen LogP) is 1.16. The van der Waals surface area contributed by atoms with E-state index in [4.69, 9.17) is 11.6 Å². The number of sulfonamides is 1. The van der Waals surface area contributed by atoms with Crippen molar-refractivity contribution >= 4 is 21.6 Å². The van der Waals surface area contributed by atoms with Crippen molar-refractivity contribution in [1.82, 2.24) is 14.2 Å². The van der Waals surface area contributed by atoms with E-state index in [1.165, 1.54) is 5.56 Å². The highest BCUT2D eigenvalue weighted by molar-refractivity contribution is 7.89. The molecular weight excluding hydrogens is 298 g/mol. The molecule has 0 unspecified atom stereocenters. The van der Waals surface area contributed by atoms with Crippen molar-refractivity contribution in [3.05, 3.63) is 30.1 Å². The van der Waals surface area contributed by atoms with Gasteiger partial charge in [0.2, 0.25) is 10.0 Å². The fourth-order valence-corrected chi connectivity index (χ4v) is 4.06. The minimum Gasteiger partial charge on any atom is -0.296 e. The van der Waals surface area contributed by atoms with Crippen molar-refractivity contribution in [2.45, 2.75) is 13.0 Å². The molecule has 5 nitrogen and oxygen atoms in total. The van der Waals surface area contributed by atoms with E-state index in [0.717, 1.165) is 19.6 Å². The van der Waals surface area contributed by atoms with Gasteiger partial charge in [-0.2, -0.15) is 4.31 Å². The highest BCUT2D eigenvalue weighted by atomic mass is 35.5. The number of alkyl halides is 1. The molecule has 2 heterocycles. The van der Waals surface area contributed by atoms with Crippen LogP contribution in [-0.4, -0.2) is 60.4 Å². The SMILES string of the molecule is O=S(=O)(CCCCl)N1CCN(Cc2ccncc2)CC1. The van der Waals surface area contributed by atoms with Gasteiger partial charge in [0.05, 0.1) is 5.75 Å². The lowest BCUT2D eigenvalue weighted by Crippen LogP contribution is -2.48. The van der Waals surface area contributed by atoms with Gasteiger partial charge < -0.3 is 0 Å². The van der Waals surface area contributed by atoms with Crippen LogP contribution < -0.4 is 0 Å². The van der Waals surface area contributed by atoms with Crippen LogP contribution in [-0.2, 0) is 16.6 Å². The average molecular weight is 318 g/mol. The standard InChI is InChI=1S/C13H20ClN3O2S/c14-4-1-11-20(18,19)17-9-7-16(8-10-17)12-13-2-5-15-6-3-13/h2-3,5-6H,1,4,7-12H2. The average Bonchev–Trinajstić information content (AvgIpc) is 2.47. The molecule has 1 fully saturated rings. The maximum atomic E-state index is 12.0. The summed E-state index contributed by atoms with van der Waals surface area (Å²) in [6, 6.07) is 3.98. The van der Waals surface area contributed by atoms with Crippen LogP contribution in [0, 0.1) is 0 Å². The summed E-state index contributed by atoms with van der Waals surface area (Å²) >= 11 is 5.56. The lowest BCUT2D eigenvalue weighted by molar-refractivity contribution is 0.181. The van der Waals surface area contributed by atoms with Gasteiger partial charge in [0.25, 0.3) is 0 Å². The smallest absolute Gasteiger partial charge is 0.214 e. The number of pyridine rings is 1. The summed E-state index contributed by atoms with van der Waals surface area (Å²) in [4.78, 5) is 6.26. The Labute approximate surface area is 125 Å². The molecule has 0 radical (unpaired) electrons. The van der Waals surface area contributed by atoms with E-state index in [9.17, 15) is 8.42 Å². The Morgan fingerprint density at radius 1 is 1.15 bits per heavy atom. The number of rotatable bonds is 6. The molecule has 2 rings (SSSR count). The first-order valence-corrected chi connectivity index (χ1v) is 8.91. The fraction of sp³-hybridized carbons (Fsp3) is 0.615. The maximum absolute atomic E-state index is 12.0. The van der Waals surface area contributed by atoms with Crippen LogP contribution in [0.1, 0.15) is 12.0 Å². The molecule has 0 bridgehead atoms. The van der Waals surface area contributed by atoms with Gasteiger partial charge in [-0.05, 0) is 24.1 Å². The number of piperazine rings is 1. The summed E-state index contributed by atoms with van der Waals surface area (Å²) in [7, 11) is -3.13. The molecule has 0 aliphatic carbocycles. The van der Waals surface area contributed by atoms with Gasteiger partial charge in [-0.3, -0.25) is 9.88 Å². The number of hydrogen-bond donors (Lipinski definition) is 0. The monoisotopic (exact) mass is 317 g/mol. The molecule has 20 heavy (non-hydrogen) atoms. The molecule has 1 aromatic heterocycles. The number of halogens is 1. The number of aromatic nitrogens is 1. The molecule has 0 atom stereocenters. The van der Waals surface area contributed by atoms with E-state index >= 15 is 0 Å². The molecule has 0 saturated carbocycles. The van der Waals surface area contributed by atoms with Gasteiger partial charge in [-0.1, -0.05) is 0 Å². The van der Waals surface area contributed by atoms with Gasteiger partial charge in [0.15, 0.2) is 0 Å². The van der Waals surface area contributed by atoms with E-state index in [-0.39, 0.29) is 5.75 Å². The van der Waals surface area contributed by atoms with E-state index in [1.54, 1.807) is 16.7 Å². The normalized spacial score (nSPS) is 18.2. The zero-order valence-corrected chi connectivity index (χ0v) is 13.0.